The van der Waals surface area contributed by atoms with E-state index in [9.17, 15) is 9.90 Å². The first kappa shape index (κ1) is 49.5. The van der Waals surface area contributed by atoms with Crippen molar-refractivity contribution < 1.29 is 48.0 Å². The van der Waals surface area contributed by atoms with Crippen LogP contribution in [-0.2, 0) is 34.1 Å². The van der Waals surface area contributed by atoms with E-state index in [4.69, 9.17) is 18.9 Å². The monoisotopic (exact) mass is 972 g/mol. The van der Waals surface area contributed by atoms with Crippen LogP contribution < -0.4 is 19.7 Å². The molecule has 4 aliphatic heterocycles. The molecular formula is C58H60N4O10. The summed E-state index contributed by atoms with van der Waals surface area (Å²) >= 11 is 0. The second-order valence-electron chi connectivity index (χ2n) is 19.0. The number of fused-ring (bicyclic) bond motifs is 3. The SMILES string of the molecule is COC(=O)C(NC(=O)N1C(=O)C2(c3cc(C#Cc4ccc(OC)cc4)ccc31)C(C(=O)N1CCCCCCC1)C1C(=O)OC(c3ccccc3)C(c3ccccc3)N1C2c1ccc(OCCO)cc1)C(C)C. The molecule has 3 saturated heterocycles. The molecule has 2 N–H and O–H groups in total. The molecule has 0 aliphatic carbocycles. The maximum Gasteiger partial charge on any atom is 0.329 e. The van der Waals surface area contributed by atoms with Crippen molar-refractivity contribution >= 4 is 35.5 Å². The van der Waals surface area contributed by atoms with Gasteiger partial charge in [-0.2, -0.15) is 0 Å². The summed E-state index contributed by atoms with van der Waals surface area (Å²) in [6, 6.07) is 33.2. The largest absolute Gasteiger partial charge is 0.497 e. The van der Waals surface area contributed by atoms with Crippen LogP contribution in [0.2, 0.25) is 0 Å². The molecule has 72 heavy (non-hydrogen) atoms. The van der Waals surface area contributed by atoms with E-state index in [1.807, 2.05) is 89.8 Å². The van der Waals surface area contributed by atoms with Gasteiger partial charge in [-0.1, -0.05) is 118 Å². The van der Waals surface area contributed by atoms with Gasteiger partial charge < -0.3 is 34.3 Å². The Bertz CT molecular complexity index is 2840. The van der Waals surface area contributed by atoms with Crippen molar-refractivity contribution in [2.75, 3.05) is 45.4 Å². The summed E-state index contributed by atoms with van der Waals surface area (Å²) < 4.78 is 23.0. The lowest BCUT2D eigenvalue weighted by Crippen LogP contribution is -2.58. The molecule has 4 amide bonds. The third-order valence-electron chi connectivity index (χ3n) is 14.5. The average Bonchev–Trinajstić information content (AvgIpc) is 3.85. The van der Waals surface area contributed by atoms with Gasteiger partial charge in [0.15, 0.2) is 0 Å². The lowest BCUT2D eigenvalue weighted by atomic mass is 9.64. The van der Waals surface area contributed by atoms with Crippen LogP contribution in [0.15, 0.2) is 127 Å². The molecule has 4 heterocycles. The van der Waals surface area contributed by atoms with Crippen molar-refractivity contribution in [1.29, 1.82) is 0 Å². The van der Waals surface area contributed by atoms with Crippen LogP contribution in [0, 0.1) is 23.7 Å². The minimum Gasteiger partial charge on any atom is -0.497 e. The highest BCUT2D eigenvalue weighted by Crippen LogP contribution is 2.66. The molecule has 4 aliphatic rings. The van der Waals surface area contributed by atoms with Crippen LogP contribution in [0.3, 0.4) is 0 Å². The molecule has 0 saturated carbocycles. The third kappa shape index (κ3) is 9.19. The quantitative estimate of drug-likeness (QED) is 0.0980. The second kappa shape index (κ2) is 21.5. The number of nitrogens with zero attached hydrogens (tertiary/aromatic N) is 3. The van der Waals surface area contributed by atoms with E-state index in [2.05, 4.69) is 17.2 Å². The van der Waals surface area contributed by atoms with Gasteiger partial charge in [-0.15, -0.1) is 0 Å². The molecule has 7 atom stereocenters. The molecule has 0 bridgehead atoms. The molecule has 5 aromatic rings. The first-order valence-electron chi connectivity index (χ1n) is 24.8. The zero-order valence-electron chi connectivity index (χ0n) is 41.0. The van der Waals surface area contributed by atoms with Gasteiger partial charge in [0.1, 0.15) is 41.7 Å². The standard InChI is InChI=1S/C58H60N4O10/c1-37(2)48(54(65)70-4)59-57(68)61-46-31-24-39(21-20-38-22-27-43(69-3)28-23-38)36-45(46)58(56(61)67)47(53(64)60-32-14-6-5-7-15-33-60)50-55(66)72-51(41-18-12-9-13-19-41)49(40-16-10-8-11-17-40)62(50)52(58)42-25-29-44(30-26-42)71-35-34-63/h8-13,16-19,22-31,36-37,47-52,63H,5-7,14-15,32-35H2,1-4H3,(H,59,68). The van der Waals surface area contributed by atoms with Crippen molar-refractivity contribution in [3.8, 4) is 23.3 Å². The number of aliphatic hydroxyl groups is 1. The molecule has 5 aromatic carbocycles. The number of ether oxygens (including phenoxy) is 4. The molecule has 372 valence electrons. The summed E-state index contributed by atoms with van der Waals surface area (Å²) in [5.41, 5.74) is 1.64. The maximum atomic E-state index is 16.8. The number of rotatable bonds is 11. The number of anilines is 1. The summed E-state index contributed by atoms with van der Waals surface area (Å²) in [5.74, 6) is 3.16. The second-order valence-corrected chi connectivity index (χ2v) is 19.0. The Morgan fingerprint density at radius 2 is 1.36 bits per heavy atom. The number of hydrogen-bond donors (Lipinski definition) is 2. The average molecular weight is 973 g/mol. The Balaban J connectivity index is 1.36. The van der Waals surface area contributed by atoms with E-state index in [0.717, 1.165) is 42.6 Å². The highest BCUT2D eigenvalue weighted by molar-refractivity contribution is 6.25. The minimum atomic E-state index is -2.03. The number of benzene rings is 5. The Labute approximate surface area is 420 Å². The summed E-state index contributed by atoms with van der Waals surface area (Å²) in [7, 11) is 2.82. The zero-order valence-corrected chi connectivity index (χ0v) is 41.0. The molecule has 14 nitrogen and oxygen atoms in total. The molecular weight excluding hydrogens is 913 g/mol. The van der Waals surface area contributed by atoms with E-state index < -0.39 is 77.3 Å². The van der Waals surface area contributed by atoms with Crippen molar-refractivity contribution in [2.24, 2.45) is 11.8 Å². The van der Waals surface area contributed by atoms with Gasteiger partial charge >= 0.3 is 18.0 Å². The van der Waals surface area contributed by atoms with Crippen molar-refractivity contribution in [3.05, 3.63) is 161 Å². The van der Waals surface area contributed by atoms with E-state index in [-0.39, 0.29) is 18.9 Å². The topological polar surface area (TPSA) is 164 Å². The van der Waals surface area contributed by atoms with Gasteiger partial charge in [-0.25, -0.2) is 14.5 Å². The number of hydrogen-bond acceptors (Lipinski definition) is 11. The third-order valence-corrected chi connectivity index (χ3v) is 14.5. The van der Waals surface area contributed by atoms with Gasteiger partial charge in [-0.05, 0) is 95.6 Å². The molecule has 0 radical (unpaired) electrons. The van der Waals surface area contributed by atoms with Gasteiger partial charge in [0.2, 0.25) is 11.8 Å². The number of likely N-dealkylation sites (tertiary alicyclic amines) is 1. The van der Waals surface area contributed by atoms with Crippen molar-refractivity contribution in [3.63, 3.8) is 0 Å². The van der Waals surface area contributed by atoms with Crippen LogP contribution in [0.1, 0.15) is 97.5 Å². The molecule has 14 heteroatoms. The lowest BCUT2D eigenvalue weighted by molar-refractivity contribution is -0.179. The van der Waals surface area contributed by atoms with Crippen LogP contribution in [0.4, 0.5) is 10.5 Å². The van der Waals surface area contributed by atoms with Gasteiger partial charge in [0.25, 0.3) is 0 Å². The normalized spacial score (nSPS) is 23.2. The Hall–Kier alpha value is -7.47. The molecule has 3 fully saturated rings. The fourth-order valence-corrected chi connectivity index (χ4v) is 11.2. The number of esters is 2. The highest BCUT2D eigenvalue weighted by Gasteiger charge is 2.76. The fraction of sp³-hybridized carbons (Fsp3) is 0.362. The predicted molar refractivity (Wildman–Crippen MR) is 269 cm³/mol. The van der Waals surface area contributed by atoms with E-state index >= 15 is 19.2 Å². The van der Waals surface area contributed by atoms with Gasteiger partial charge in [0, 0.05) is 24.2 Å². The molecule has 0 aromatic heterocycles. The Morgan fingerprint density at radius 1 is 0.750 bits per heavy atom. The number of carbonyl (C=O) groups is 5. The maximum absolute atomic E-state index is 16.8. The van der Waals surface area contributed by atoms with Crippen molar-refractivity contribution in [1.82, 2.24) is 15.1 Å². The number of nitrogens with one attached hydrogen (secondary N) is 1. The number of morpholine rings is 1. The molecule has 9 rings (SSSR count). The Morgan fingerprint density at radius 3 is 1.99 bits per heavy atom. The number of methoxy groups -OCH3 is 2. The highest BCUT2D eigenvalue weighted by atomic mass is 16.6. The smallest absolute Gasteiger partial charge is 0.329 e. The van der Waals surface area contributed by atoms with Gasteiger partial charge in [0.05, 0.1) is 44.5 Å². The van der Waals surface area contributed by atoms with Crippen LogP contribution in [-0.4, -0.2) is 97.3 Å². The van der Waals surface area contributed by atoms with Crippen LogP contribution in [0.5, 0.6) is 11.5 Å². The summed E-state index contributed by atoms with van der Waals surface area (Å²) in [4.78, 5) is 82.1. The fourth-order valence-electron chi connectivity index (χ4n) is 11.2. The summed E-state index contributed by atoms with van der Waals surface area (Å²) in [6.45, 7) is 4.13. The number of cyclic esters (lactones) is 1. The zero-order chi connectivity index (χ0) is 50.5. The summed E-state index contributed by atoms with van der Waals surface area (Å²) in [5, 5.41) is 12.5. The first-order chi connectivity index (χ1) is 35.0. The number of amides is 4. The predicted octanol–water partition coefficient (Wildman–Crippen LogP) is 7.83. The van der Waals surface area contributed by atoms with E-state index in [1.54, 1.807) is 68.3 Å². The number of aliphatic hydroxyl groups excluding tert-OH is 1. The number of carbonyl (C=O) groups excluding carboxylic acids is 5. The van der Waals surface area contributed by atoms with E-state index in [0.29, 0.717) is 52.4 Å². The minimum absolute atomic E-state index is 0.0349. The van der Waals surface area contributed by atoms with Gasteiger partial charge in [-0.3, -0.25) is 19.3 Å². The first-order valence-corrected chi connectivity index (χ1v) is 24.8. The number of imide groups is 1. The van der Waals surface area contributed by atoms with Crippen LogP contribution >= 0.6 is 0 Å². The molecule has 7 unspecified atom stereocenters. The van der Waals surface area contributed by atoms with Crippen molar-refractivity contribution in [2.45, 2.75) is 81.6 Å². The number of urea groups is 1. The summed E-state index contributed by atoms with van der Waals surface area (Å²) in [6.07, 6.45) is 3.37. The Kier molecular flexibility index (Phi) is 14.8. The van der Waals surface area contributed by atoms with Crippen LogP contribution in [0.25, 0.3) is 0 Å². The molecule has 1 spiro atoms. The lowest BCUT2D eigenvalue weighted by Gasteiger charge is -2.46. The van der Waals surface area contributed by atoms with E-state index in [1.165, 1.54) is 7.11 Å².